The first-order valence-electron chi connectivity index (χ1n) is 24.2. The van der Waals surface area contributed by atoms with Gasteiger partial charge in [-0.15, -0.1) is 0 Å². The van der Waals surface area contributed by atoms with E-state index in [2.05, 4.69) is 148 Å². The number of aromatic nitrogens is 2. The third-order valence-electron chi connectivity index (χ3n) is 18.3. The molecule has 1 aliphatic heterocycles. The summed E-state index contributed by atoms with van der Waals surface area (Å²) < 4.78 is 5.53. The van der Waals surface area contributed by atoms with Crippen LogP contribution in [-0.4, -0.2) is 0 Å². The Labute approximate surface area is 355 Å². The zero-order valence-corrected chi connectivity index (χ0v) is 36.9. The van der Waals surface area contributed by atoms with Crippen LogP contribution >= 0.6 is 0 Å². The lowest BCUT2D eigenvalue weighted by molar-refractivity contribution is -0.792. The van der Waals surface area contributed by atoms with Crippen LogP contribution in [0.15, 0.2) is 97.3 Å². The highest BCUT2D eigenvalue weighted by Crippen LogP contribution is 2.61. The average molecular weight is 781 g/mol. The van der Waals surface area contributed by atoms with Gasteiger partial charge in [-0.1, -0.05) is 76.1 Å². The number of rotatable bonds is 9. The molecule has 2 aromatic heterocycles. The van der Waals surface area contributed by atoms with Gasteiger partial charge >= 0.3 is 0 Å². The summed E-state index contributed by atoms with van der Waals surface area (Å²) in [6.45, 7) is 15.0. The highest BCUT2D eigenvalue weighted by atomic mass is 15.1. The largest absolute Gasteiger partial charge is 0.213 e. The van der Waals surface area contributed by atoms with Gasteiger partial charge in [-0.2, -0.15) is 9.13 Å². The van der Waals surface area contributed by atoms with E-state index < -0.39 is 0 Å². The van der Waals surface area contributed by atoms with E-state index in [0.717, 1.165) is 42.4 Å². The predicted molar refractivity (Wildman–Crippen MR) is 243 cm³/mol. The fourth-order valence-corrected chi connectivity index (χ4v) is 15.4. The van der Waals surface area contributed by atoms with Crippen molar-refractivity contribution in [3.8, 4) is 33.6 Å². The van der Waals surface area contributed by atoms with Gasteiger partial charge in [0, 0.05) is 42.7 Å². The van der Waals surface area contributed by atoms with Crippen LogP contribution in [0.1, 0.15) is 181 Å². The van der Waals surface area contributed by atoms with Gasteiger partial charge < -0.3 is 0 Å². The Kier molecular flexibility index (Phi) is 9.18. The molecule has 3 fully saturated rings. The average Bonchev–Trinajstić information content (AvgIpc) is 3.43. The lowest BCUT2D eigenvalue weighted by atomic mass is 9.53. The maximum atomic E-state index is 2.82. The Morgan fingerprint density at radius 3 is 2.10 bits per heavy atom. The fraction of sp³-hybridized carbons (Fsp3) is 0.509. The van der Waals surface area contributed by atoms with Crippen molar-refractivity contribution in [2.45, 2.75) is 166 Å². The molecule has 59 heavy (non-hydrogen) atoms. The van der Waals surface area contributed by atoms with Gasteiger partial charge in [0.05, 0.1) is 5.56 Å². The molecular weight excluding hydrogens is 713 g/mol. The molecule has 3 saturated carbocycles. The maximum Gasteiger partial charge on any atom is 0.213 e. The first-order valence-corrected chi connectivity index (χ1v) is 24.2. The lowest BCUT2D eigenvalue weighted by Crippen LogP contribution is -2.72. The third kappa shape index (κ3) is 5.55. The number of pyridine rings is 2. The summed E-state index contributed by atoms with van der Waals surface area (Å²) in [5, 5.41) is 0. The molecule has 5 aromatic rings. The molecule has 8 unspecified atom stereocenters. The quantitative estimate of drug-likeness (QED) is 0.132. The molecule has 3 heterocycles. The van der Waals surface area contributed by atoms with Gasteiger partial charge in [0.25, 0.3) is 0 Å². The number of aryl methyl sites for hydroxylation is 1. The van der Waals surface area contributed by atoms with E-state index >= 15 is 0 Å². The summed E-state index contributed by atoms with van der Waals surface area (Å²) in [6.07, 6.45) is 22.4. The van der Waals surface area contributed by atoms with Gasteiger partial charge in [-0.05, 0) is 183 Å². The van der Waals surface area contributed by atoms with Crippen molar-refractivity contribution in [2.75, 3.05) is 0 Å². The molecule has 13 rings (SSSR count). The number of unbranched alkanes of at least 4 members (excludes halogenated alkanes) is 1. The highest BCUT2D eigenvalue weighted by molar-refractivity contribution is 5.71. The highest BCUT2D eigenvalue weighted by Gasteiger charge is 2.65. The number of hydrogen-bond acceptors (Lipinski definition) is 0. The Morgan fingerprint density at radius 1 is 0.661 bits per heavy atom. The smallest absolute Gasteiger partial charge is 0.194 e. The summed E-state index contributed by atoms with van der Waals surface area (Å²) in [6, 6.07) is 34.2. The minimum Gasteiger partial charge on any atom is -0.194 e. The number of hydrogen-bond donors (Lipinski definition) is 0. The Bertz CT molecular complexity index is 2410. The second-order valence-corrected chi connectivity index (χ2v) is 20.8. The molecule has 2 heteroatoms. The molecule has 0 N–H and O–H groups in total. The second kappa shape index (κ2) is 14.3. The molecular formula is C57H68N2+2. The van der Waals surface area contributed by atoms with Crippen molar-refractivity contribution in [1.82, 2.24) is 0 Å². The Balaban J connectivity index is 1.14. The molecule has 0 amide bonds. The summed E-state index contributed by atoms with van der Waals surface area (Å²) in [7, 11) is 0. The van der Waals surface area contributed by atoms with Crippen LogP contribution in [0.2, 0.25) is 0 Å². The number of benzene rings is 3. The van der Waals surface area contributed by atoms with Gasteiger partial charge in [-0.3, -0.25) is 0 Å². The Hall–Kier alpha value is -4.04. The SMILES string of the molecule is CCCCC1CC2CCC1c1cc3c(cc12)C(CC)(C(C)[n+]1cc(-c2ccccc2)ccc1-c1cc2c(cc1C)C1CC4CC(C1)CC2C4)C(C)(CC)[n+]1ccccc1-3. The monoisotopic (exact) mass is 781 g/mol. The van der Waals surface area contributed by atoms with Crippen molar-refractivity contribution in [2.24, 2.45) is 17.8 Å². The van der Waals surface area contributed by atoms with Crippen molar-refractivity contribution in [3.05, 3.63) is 131 Å². The zero-order valence-electron chi connectivity index (χ0n) is 36.9. The van der Waals surface area contributed by atoms with Crippen molar-refractivity contribution in [1.29, 1.82) is 0 Å². The van der Waals surface area contributed by atoms with E-state index in [0.29, 0.717) is 11.8 Å². The standard InChI is InChI=1S/C57H68N2/c1-7-10-16-41-31-42-20-22-46(41)51-33-52-53(34-50(42)51)57(9-3,56(6,8-2)59-24-15-14-19-55(52)59)37(5)58-35-43(40-17-12-11-13-18-40)21-23-54(58)47-32-49-45-29-38-26-39(30-45)28-44(27-38)48(49)25-36(47)4/h11-15,17-19,21,23-25,32-35,37-39,41-42,44-46H,7-10,16,20,22,26-31H2,1-6H3/q+2. The molecule has 6 bridgehead atoms. The van der Waals surface area contributed by atoms with Gasteiger partial charge in [0.2, 0.25) is 11.4 Å². The molecule has 0 radical (unpaired) electrons. The van der Waals surface area contributed by atoms with E-state index in [1.807, 2.05) is 0 Å². The minimum atomic E-state index is -0.171. The molecule has 0 saturated heterocycles. The number of nitrogens with zero attached hydrogens (tertiary/aromatic N) is 2. The first-order chi connectivity index (χ1) is 28.8. The van der Waals surface area contributed by atoms with Crippen molar-refractivity contribution in [3.63, 3.8) is 0 Å². The molecule has 3 aromatic carbocycles. The number of fused-ring (bicyclic) bond motifs is 5. The van der Waals surface area contributed by atoms with E-state index in [9.17, 15) is 0 Å². The van der Waals surface area contributed by atoms with Crippen LogP contribution in [0, 0.1) is 24.7 Å². The summed E-state index contributed by atoms with van der Waals surface area (Å²) in [4.78, 5) is 0. The summed E-state index contributed by atoms with van der Waals surface area (Å²) >= 11 is 0. The van der Waals surface area contributed by atoms with Crippen LogP contribution in [-0.2, 0) is 11.0 Å². The summed E-state index contributed by atoms with van der Waals surface area (Å²) in [5.74, 6) is 5.58. The molecule has 0 spiro atoms. The molecule has 7 aliphatic carbocycles. The van der Waals surface area contributed by atoms with E-state index in [4.69, 9.17) is 0 Å². The van der Waals surface area contributed by atoms with Crippen molar-refractivity contribution < 1.29 is 9.13 Å². The molecule has 304 valence electrons. The zero-order chi connectivity index (χ0) is 40.2. The summed E-state index contributed by atoms with van der Waals surface area (Å²) in [5.41, 5.74) is 17.9. The predicted octanol–water partition coefficient (Wildman–Crippen LogP) is 14.2. The lowest BCUT2D eigenvalue weighted by Gasteiger charge is -2.51. The topological polar surface area (TPSA) is 7.76 Å². The van der Waals surface area contributed by atoms with Crippen molar-refractivity contribution >= 4 is 0 Å². The van der Waals surface area contributed by atoms with E-state index in [1.165, 1.54) is 110 Å². The Morgan fingerprint density at radius 2 is 1.37 bits per heavy atom. The van der Waals surface area contributed by atoms with Crippen LogP contribution in [0.4, 0.5) is 0 Å². The van der Waals surface area contributed by atoms with Crippen LogP contribution < -0.4 is 9.13 Å². The molecule has 8 aliphatic rings. The normalized spacial score (nSPS) is 31.3. The van der Waals surface area contributed by atoms with Gasteiger partial charge in [-0.25, -0.2) is 0 Å². The first kappa shape index (κ1) is 37.9. The van der Waals surface area contributed by atoms with Gasteiger partial charge in [0.15, 0.2) is 24.0 Å². The second-order valence-electron chi connectivity index (χ2n) is 20.8. The third-order valence-corrected chi connectivity index (χ3v) is 18.3. The van der Waals surface area contributed by atoms with Gasteiger partial charge in [0.1, 0.15) is 5.41 Å². The van der Waals surface area contributed by atoms with Crippen LogP contribution in [0.25, 0.3) is 33.6 Å². The maximum absolute atomic E-state index is 2.82. The molecule has 2 nitrogen and oxygen atoms in total. The van der Waals surface area contributed by atoms with Crippen LogP contribution in [0.3, 0.4) is 0 Å². The van der Waals surface area contributed by atoms with E-state index in [-0.39, 0.29) is 17.0 Å². The van der Waals surface area contributed by atoms with Crippen LogP contribution in [0.5, 0.6) is 0 Å². The van der Waals surface area contributed by atoms with E-state index in [1.54, 1.807) is 27.8 Å². The minimum absolute atomic E-state index is 0.149. The fourth-order valence-electron chi connectivity index (χ4n) is 15.4. The molecule has 8 atom stereocenters.